The molecule has 1 N–H and O–H groups in total. The summed E-state index contributed by atoms with van der Waals surface area (Å²) >= 11 is 5.77. The van der Waals surface area contributed by atoms with Crippen LogP contribution in [-0.2, 0) is 10.6 Å². The van der Waals surface area contributed by atoms with Crippen molar-refractivity contribution in [3.63, 3.8) is 0 Å². The lowest BCUT2D eigenvalue weighted by Crippen LogP contribution is -2.14. The fraction of sp³-hybridized carbons (Fsp3) is 0.364. The molecule has 0 aliphatic heterocycles. The van der Waals surface area contributed by atoms with E-state index in [1.165, 1.54) is 0 Å². The lowest BCUT2D eigenvalue weighted by Gasteiger charge is -2.09. The Bertz CT molecular complexity index is 352. The summed E-state index contributed by atoms with van der Waals surface area (Å²) in [4.78, 5) is 11.2. The molecule has 0 bridgehead atoms. The lowest BCUT2D eigenvalue weighted by atomic mass is 10.1. The highest BCUT2D eigenvalue weighted by atomic mass is 35.5. The number of alkyl halides is 1. The maximum atomic E-state index is 11.2. The summed E-state index contributed by atoms with van der Waals surface area (Å²) < 4.78 is 4.78. The van der Waals surface area contributed by atoms with Gasteiger partial charge in [-0.15, -0.1) is 11.6 Å². The fourth-order valence-corrected chi connectivity index (χ4v) is 1.45. The molecule has 0 saturated heterocycles. The van der Waals surface area contributed by atoms with Gasteiger partial charge in [0, 0.05) is 11.6 Å². The Labute approximate surface area is 94.4 Å². The van der Waals surface area contributed by atoms with Crippen molar-refractivity contribution in [1.29, 1.82) is 0 Å². The van der Waals surface area contributed by atoms with Gasteiger partial charge < -0.3 is 4.74 Å². The predicted octanol–water partition coefficient (Wildman–Crippen LogP) is 3.30. The van der Waals surface area contributed by atoms with Crippen LogP contribution >= 0.6 is 11.6 Å². The van der Waals surface area contributed by atoms with Gasteiger partial charge >= 0.3 is 6.09 Å². The van der Waals surface area contributed by atoms with Crippen LogP contribution in [0, 0.1) is 6.92 Å². The molecule has 15 heavy (non-hydrogen) atoms. The van der Waals surface area contributed by atoms with E-state index in [0.717, 1.165) is 11.1 Å². The lowest BCUT2D eigenvalue weighted by molar-refractivity contribution is 0.168. The minimum absolute atomic E-state index is 0.355. The van der Waals surface area contributed by atoms with E-state index in [1.54, 1.807) is 6.92 Å². The molecule has 0 atom stereocenters. The van der Waals surface area contributed by atoms with Gasteiger partial charge in [0.25, 0.3) is 0 Å². The fourth-order valence-electron chi connectivity index (χ4n) is 1.23. The van der Waals surface area contributed by atoms with Crippen LogP contribution in [0.3, 0.4) is 0 Å². The number of aryl methyl sites for hydroxylation is 1. The van der Waals surface area contributed by atoms with Crippen LogP contribution in [-0.4, -0.2) is 12.7 Å². The van der Waals surface area contributed by atoms with Crippen LogP contribution in [0.1, 0.15) is 18.1 Å². The topological polar surface area (TPSA) is 38.3 Å². The minimum Gasteiger partial charge on any atom is -0.450 e. The van der Waals surface area contributed by atoms with Gasteiger partial charge in [0.15, 0.2) is 0 Å². The molecule has 1 aromatic carbocycles. The third-order valence-corrected chi connectivity index (χ3v) is 2.20. The molecule has 0 radical (unpaired) electrons. The summed E-state index contributed by atoms with van der Waals surface area (Å²) in [6, 6.07) is 5.68. The number of carbonyl (C=O) groups excluding carboxylic acids is 1. The Morgan fingerprint density at radius 1 is 1.53 bits per heavy atom. The number of rotatable bonds is 3. The van der Waals surface area contributed by atoms with Gasteiger partial charge in [0.2, 0.25) is 0 Å². The molecular weight excluding hydrogens is 214 g/mol. The maximum Gasteiger partial charge on any atom is 0.411 e. The first kappa shape index (κ1) is 11.9. The summed E-state index contributed by atoms with van der Waals surface area (Å²) in [5, 5.41) is 2.64. The smallest absolute Gasteiger partial charge is 0.411 e. The van der Waals surface area contributed by atoms with E-state index in [2.05, 4.69) is 5.32 Å². The Hall–Kier alpha value is -1.22. The van der Waals surface area contributed by atoms with E-state index in [0.29, 0.717) is 18.2 Å². The first-order valence-corrected chi connectivity index (χ1v) is 5.30. The van der Waals surface area contributed by atoms with Crippen molar-refractivity contribution in [2.45, 2.75) is 19.7 Å². The number of nitrogens with one attached hydrogen (secondary N) is 1. The second-order valence-corrected chi connectivity index (χ2v) is 3.41. The summed E-state index contributed by atoms with van der Waals surface area (Å²) in [6.07, 6.45) is -0.451. The third kappa shape index (κ3) is 3.44. The molecule has 0 heterocycles. The van der Waals surface area contributed by atoms with E-state index in [4.69, 9.17) is 16.3 Å². The second-order valence-electron chi connectivity index (χ2n) is 3.14. The van der Waals surface area contributed by atoms with Crippen LogP contribution in [0.25, 0.3) is 0 Å². The zero-order valence-corrected chi connectivity index (χ0v) is 9.60. The monoisotopic (exact) mass is 227 g/mol. The number of amides is 1. The Morgan fingerprint density at radius 2 is 2.27 bits per heavy atom. The van der Waals surface area contributed by atoms with E-state index < -0.39 is 6.09 Å². The van der Waals surface area contributed by atoms with Crippen molar-refractivity contribution in [1.82, 2.24) is 0 Å². The van der Waals surface area contributed by atoms with Crippen LogP contribution in [0.2, 0.25) is 0 Å². The van der Waals surface area contributed by atoms with Crippen molar-refractivity contribution in [2.24, 2.45) is 0 Å². The number of carbonyl (C=O) groups is 1. The van der Waals surface area contributed by atoms with Gasteiger partial charge in [0.05, 0.1) is 6.61 Å². The quantitative estimate of drug-likeness (QED) is 0.805. The van der Waals surface area contributed by atoms with E-state index in [9.17, 15) is 4.79 Å². The highest BCUT2D eigenvalue weighted by Gasteiger charge is 2.06. The highest BCUT2D eigenvalue weighted by molar-refractivity contribution is 6.17. The van der Waals surface area contributed by atoms with E-state index in [1.807, 2.05) is 25.1 Å². The van der Waals surface area contributed by atoms with Crippen LogP contribution < -0.4 is 5.32 Å². The van der Waals surface area contributed by atoms with Crippen molar-refractivity contribution >= 4 is 23.4 Å². The summed E-state index contributed by atoms with van der Waals surface area (Å²) in [6.45, 7) is 4.09. The van der Waals surface area contributed by atoms with Gasteiger partial charge in [-0.05, 0) is 25.5 Å². The molecule has 0 aliphatic rings. The normalized spacial score (nSPS) is 9.80. The Morgan fingerprint density at radius 3 is 2.87 bits per heavy atom. The zero-order chi connectivity index (χ0) is 11.3. The van der Waals surface area contributed by atoms with E-state index >= 15 is 0 Å². The van der Waals surface area contributed by atoms with Crippen LogP contribution in [0.15, 0.2) is 18.2 Å². The van der Waals surface area contributed by atoms with Crippen molar-refractivity contribution in [3.8, 4) is 0 Å². The van der Waals surface area contributed by atoms with Crippen LogP contribution in [0.4, 0.5) is 10.5 Å². The summed E-state index contributed by atoms with van der Waals surface area (Å²) in [5.41, 5.74) is 2.71. The summed E-state index contributed by atoms with van der Waals surface area (Å²) in [5.74, 6) is 0.365. The Balaban J connectivity index is 2.80. The number of ether oxygens (including phenoxy) is 1. The Kier molecular flexibility index (Phi) is 4.43. The highest BCUT2D eigenvalue weighted by Crippen LogP contribution is 2.19. The molecule has 1 rings (SSSR count). The number of hydrogen-bond acceptors (Lipinski definition) is 2. The molecule has 1 amide bonds. The average molecular weight is 228 g/mol. The SMILES string of the molecule is CCOC(=O)Nc1ccc(C)cc1CCl. The largest absolute Gasteiger partial charge is 0.450 e. The molecule has 3 nitrogen and oxygen atoms in total. The zero-order valence-electron chi connectivity index (χ0n) is 8.84. The molecule has 0 aliphatic carbocycles. The standard InChI is InChI=1S/C11H14ClNO2/c1-3-15-11(14)13-10-5-4-8(2)6-9(10)7-12/h4-6H,3,7H2,1-2H3,(H,13,14). The number of anilines is 1. The predicted molar refractivity (Wildman–Crippen MR) is 61.4 cm³/mol. The number of halogens is 1. The van der Waals surface area contributed by atoms with Gasteiger partial charge in [-0.25, -0.2) is 4.79 Å². The molecule has 4 heteroatoms. The molecule has 0 unspecified atom stereocenters. The third-order valence-electron chi connectivity index (χ3n) is 1.92. The molecule has 0 fully saturated rings. The van der Waals surface area contributed by atoms with Crippen LogP contribution in [0.5, 0.6) is 0 Å². The molecular formula is C11H14ClNO2. The summed E-state index contributed by atoms with van der Waals surface area (Å²) in [7, 11) is 0. The van der Waals surface area contributed by atoms with Crippen molar-refractivity contribution < 1.29 is 9.53 Å². The first-order valence-electron chi connectivity index (χ1n) is 4.76. The van der Waals surface area contributed by atoms with Gasteiger partial charge in [0.1, 0.15) is 0 Å². The van der Waals surface area contributed by atoms with Gasteiger partial charge in [-0.3, -0.25) is 5.32 Å². The first-order chi connectivity index (χ1) is 7.17. The molecule has 0 saturated carbocycles. The van der Waals surface area contributed by atoms with E-state index in [-0.39, 0.29) is 0 Å². The minimum atomic E-state index is -0.451. The van der Waals surface area contributed by atoms with Gasteiger partial charge in [-0.2, -0.15) is 0 Å². The second kappa shape index (κ2) is 5.61. The van der Waals surface area contributed by atoms with Crippen molar-refractivity contribution in [3.05, 3.63) is 29.3 Å². The molecule has 0 spiro atoms. The molecule has 0 aromatic heterocycles. The number of benzene rings is 1. The molecule has 1 aromatic rings. The average Bonchev–Trinajstić information content (AvgIpc) is 2.21. The molecule has 82 valence electrons. The number of hydrogen-bond donors (Lipinski definition) is 1. The van der Waals surface area contributed by atoms with Gasteiger partial charge in [-0.1, -0.05) is 17.7 Å². The van der Waals surface area contributed by atoms with Crippen molar-refractivity contribution in [2.75, 3.05) is 11.9 Å². The maximum absolute atomic E-state index is 11.2.